The summed E-state index contributed by atoms with van der Waals surface area (Å²) in [6, 6.07) is 3.61. The highest BCUT2D eigenvalue weighted by atomic mass is 19.1. The molecule has 1 aliphatic rings. The SMILES string of the molecule is COC(=O)c1ccc(F)c(NC(=O)COC2(C)CNC2)c1. The largest absolute Gasteiger partial charge is 0.465 e. The molecule has 1 aliphatic heterocycles. The van der Waals surface area contributed by atoms with Crippen molar-refractivity contribution in [1.82, 2.24) is 5.32 Å². The van der Waals surface area contributed by atoms with Gasteiger partial charge < -0.3 is 20.1 Å². The molecule has 0 radical (unpaired) electrons. The van der Waals surface area contributed by atoms with Crippen molar-refractivity contribution in [1.29, 1.82) is 0 Å². The van der Waals surface area contributed by atoms with Crippen molar-refractivity contribution in [3.05, 3.63) is 29.6 Å². The maximum Gasteiger partial charge on any atom is 0.337 e. The standard InChI is InChI=1S/C14H17FN2O4/c1-14(7-16-8-14)21-6-12(18)17-11-5-9(13(19)20-2)3-4-10(11)15/h3-5,16H,6-8H2,1-2H3,(H,17,18). The number of esters is 1. The van der Waals surface area contributed by atoms with Crippen molar-refractivity contribution in [3.8, 4) is 0 Å². The molecule has 1 saturated heterocycles. The van der Waals surface area contributed by atoms with Crippen molar-refractivity contribution in [2.24, 2.45) is 0 Å². The molecule has 0 saturated carbocycles. The van der Waals surface area contributed by atoms with Gasteiger partial charge in [-0.1, -0.05) is 0 Å². The molecule has 1 heterocycles. The Morgan fingerprint density at radius 3 is 2.71 bits per heavy atom. The van der Waals surface area contributed by atoms with Crippen molar-refractivity contribution in [2.75, 3.05) is 32.1 Å². The molecule has 21 heavy (non-hydrogen) atoms. The van der Waals surface area contributed by atoms with Crippen LogP contribution in [0.5, 0.6) is 0 Å². The van der Waals surface area contributed by atoms with Crippen LogP contribution in [0.4, 0.5) is 10.1 Å². The van der Waals surface area contributed by atoms with E-state index in [1.54, 1.807) is 0 Å². The Bertz CT molecular complexity index is 558. The molecule has 0 bridgehead atoms. The molecule has 0 aliphatic carbocycles. The monoisotopic (exact) mass is 296 g/mol. The predicted molar refractivity (Wildman–Crippen MR) is 73.6 cm³/mol. The first kappa shape index (κ1) is 15.4. The molecule has 1 amide bonds. The maximum absolute atomic E-state index is 13.6. The van der Waals surface area contributed by atoms with Gasteiger partial charge in [0.15, 0.2) is 0 Å². The summed E-state index contributed by atoms with van der Waals surface area (Å²) in [5.41, 5.74) is -0.280. The Morgan fingerprint density at radius 1 is 1.43 bits per heavy atom. The topological polar surface area (TPSA) is 76.7 Å². The number of benzene rings is 1. The van der Waals surface area contributed by atoms with Gasteiger partial charge in [0.05, 0.1) is 24.0 Å². The molecule has 1 aromatic rings. The van der Waals surface area contributed by atoms with Crippen molar-refractivity contribution in [2.45, 2.75) is 12.5 Å². The fourth-order valence-electron chi connectivity index (χ4n) is 1.87. The number of ether oxygens (including phenoxy) is 2. The van der Waals surface area contributed by atoms with E-state index in [1.807, 2.05) is 6.92 Å². The van der Waals surface area contributed by atoms with Gasteiger partial charge in [0, 0.05) is 13.1 Å². The van der Waals surface area contributed by atoms with Gasteiger partial charge in [-0.05, 0) is 25.1 Å². The lowest BCUT2D eigenvalue weighted by molar-refractivity contribution is -0.130. The van der Waals surface area contributed by atoms with Gasteiger partial charge in [-0.25, -0.2) is 9.18 Å². The number of carbonyl (C=O) groups is 2. The molecule has 0 spiro atoms. The fourth-order valence-corrected chi connectivity index (χ4v) is 1.87. The first-order valence-electron chi connectivity index (χ1n) is 6.46. The minimum atomic E-state index is -0.632. The van der Waals surface area contributed by atoms with E-state index >= 15 is 0 Å². The van der Waals surface area contributed by atoms with Crippen LogP contribution < -0.4 is 10.6 Å². The Labute approximate surface area is 121 Å². The molecule has 2 rings (SSSR count). The van der Waals surface area contributed by atoms with Crippen LogP contribution in [0.15, 0.2) is 18.2 Å². The van der Waals surface area contributed by atoms with Gasteiger partial charge in [-0.2, -0.15) is 0 Å². The number of rotatable bonds is 5. The zero-order valence-corrected chi connectivity index (χ0v) is 11.9. The average molecular weight is 296 g/mol. The number of methoxy groups -OCH3 is 1. The lowest BCUT2D eigenvalue weighted by Crippen LogP contribution is -2.59. The molecule has 114 valence electrons. The van der Waals surface area contributed by atoms with Crippen LogP contribution in [0, 0.1) is 5.82 Å². The van der Waals surface area contributed by atoms with Crippen LogP contribution in [0.2, 0.25) is 0 Å². The lowest BCUT2D eigenvalue weighted by Gasteiger charge is -2.38. The highest BCUT2D eigenvalue weighted by Crippen LogP contribution is 2.18. The van der Waals surface area contributed by atoms with Gasteiger partial charge in [-0.15, -0.1) is 0 Å². The average Bonchev–Trinajstić information content (AvgIpc) is 2.44. The van der Waals surface area contributed by atoms with E-state index < -0.39 is 17.7 Å². The second-order valence-electron chi connectivity index (χ2n) is 5.08. The molecular formula is C14H17FN2O4. The van der Waals surface area contributed by atoms with Crippen LogP contribution >= 0.6 is 0 Å². The van der Waals surface area contributed by atoms with Crippen molar-refractivity contribution < 1.29 is 23.5 Å². The van der Waals surface area contributed by atoms with E-state index in [0.29, 0.717) is 13.1 Å². The van der Waals surface area contributed by atoms with Gasteiger partial charge in [-0.3, -0.25) is 4.79 Å². The molecule has 2 N–H and O–H groups in total. The number of carbonyl (C=O) groups excluding carboxylic acids is 2. The fraction of sp³-hybridized carbons (Fsp3) is 0.429. The summed E-state index contributed by atoms with van der Waals surface area (Å²) in [4.78, 5) is 23.1. The van der Waals surface area contributed by atoms with Crippen LogP contribution in [-0.4, -0.2) is 44.3 Å². The normalized spacial score (nSPS) is 16.0. The summed E-state index contributed by atoms with van der Waals surface area (Å²) in [5.74, 6) is -1.72. The third kappa shape index (κ3) is 3.77. The van der Waals surface area contributed by atoms with Crippen LogP contribution in [0.3, 0.4) is 0 Å². The summed E-state index contributed by atoms with van der Waals surface area (Å²) in [6.45, 7) is 3.05. The summed E-state index contributed by atoms with van der Waals surface area (Å²) in [5, 5.41) is 5.43. The summed E-state index contributed by atoms with van der Waals surface area (Å²) in [6.07, 6.45) is 0. The number of anilines is 1. The second kappa shape index (κ2) is 6.19. The molecule has 1 fully saturated rings. The predicted octanol–water partition coefficient (Wildman–Crippen LogP) is 0.929. The van der Waals surface area contributed by atoms with Crippen LogP contribution in [0.25, 0.3) is 0 Å². The van der Waals surface area contributed by atoms with Crippen LogP contribution in [0.1, 0.15) is 17.3 Å². The Morgan fingerprint density at radius 2 is 2.14 bits per heavy atom. The molecule has 1 aromatic carbocycles. The van der Waals surface area contributed by atoms with Gasteiger partial charge in [0.2, 0.25) is 5.91 Å². The van der Waals surface area contributed by atoms with Gasteiger partial charge in [0.1, 0.15) is 12.4 Å². The van der Waals surface area contributed by atoms with E-state index in [1.165, 1.54) is 19.2 Å². The Kier molecular flexibility index (Phi) is 4.54. The second-order valence-corrected chi connectivity index (χ2v) is 5.08. The summed E-state index contributed by atoms with van der Waals surface area (Å²) in [7, 11) is 1.23. The summed E-state index contributed by atoms with van der Waals surface area (Å²) < 4.78 is 23.6. The number of nitrogens with one attached hydrogen (secondary N) is 2. The summed E-state index contributed by atoms with van der Waals surface area (Å²) >= 11 is 0. The third-order valence-electron chi connectivity index (χ3n) is 3.21. The van der Waals surface area contributed by atoms with Gasteiger partial charge >= 0.3 is 5.97 Å². The van der Waals surface area contributed by atoms with E-state index in [4.69, 9.17) is 4.74 Å². The quantitative estimate of drug-likeness (QED) is 0.791. The molecule has 0 unspecified atom stereocenters. The zero-order chi connectivity index (χ0) is 15.5. The lowest BCUT2D eigenvalue weighted by atomic mass is 10.0. The van der Waals surface area contributed by atoms with Gasteiger partial charge in [0.25, 0.3) is 0 Å². The number of hydrogen-bond donors (Lipinski definition) is 2. The van der Waals surface area contributed by atoms with Crippen molar-refractivity contribution in [3.63, 3.8) is 0 Å². The molecule has 0 atom stereocenters. The number of hydrogen-bond acceptors (Lipinski definition) is 5. The minimum Gasteiger partial charge on any atom is -0.465 e. The maximum atomic E-state index is 13.6. The third-order valence-corrected chi connectivity index (χ3v) is 3.21. The molecule has 7 heteroatoms. The zero-order valence-electron chi connectivity index (χ0n) is 11.9. The van der Waals surface area contributed by atoms with Crippen molar-refractivity contribution >= 4 is 17.6 Å². The van der Waals surface area contributed by atoms with E-state index in [2.05, 4.69) is 15.4 Å². The Hall–Kier alpha value is -1.99. The van der Waals surface area contributed by atoms with E-state index in [0.717, 1.165) is 6.07 Å². The highest BCUT2D eigenvalue weighted by Gasteiger charge is 2.33. The molecule has 0 aromatic heterocycles. The smallest absolute Gasteiger partial charge is 0.337 e. The van der Waals surface area contributed by atoms with E-state index in [9.17, 15) is 14.0 Å². The highest BCUT2D eigenvalue weighted by molar-refractivity contribution is 5.95. The minimum absolute atomic E-state index is 0.0802. The Balaban J connectivity index is 1.97. The number of halogens is 1. The first-order valence-corrected chi connectivity index (χ1v) is 6.46. The molecule has 6 nitrogen and oxygen atoms in total. The first-order chi connectivity index (χ1) is 9.93. The number of amides is 1. The van der Waals surface area contributed by atoms with E-state index in [-0.39, 0.29) is 23.5 Å². The van der Waals surface area contributed by atoms with Crippen LogP contribution in [-0.2, 0) is 14.3 Å². The molecular weight excluding hydrogens is 279 g/mol.